The van der Waals surface area contributed by atoms with Crippen LogP contribution in [0, 0.1) is 0 Å². The zero-order chi connectivity index (χ0) is 12.3. The highest BCUT2D eigenvalue weighted by Gasteiger charge is 2.07. The summed E-state index contributed by atoms with van der Waals surface area (Å²) in [5.74, 6) is 0.429. The van der Waals surface area contributed by atoms with E-state index >= 15 is 0 Å². The summed E-state index contributed by atoms with van der Waals surface area (Å²) in [4.78, 5) is 19.9. The molecule has 17 heavy (non-hydrogen) atoms. The summed E-state index contributed by atoms with van der Waals surface area (Å²) in [6.07, 6.45) is 4.64. The molecule has 2 rings (SSSR count). The third kappa shape index (κ3) is 2.91. The van der Waals surface area contributed by atoms with Gasteiger partial charge in [0.2, 0.25) is 0 Å². The Bertz CT molecular complexity index is 489. The number of carbonyl (C=O) groups is 1. The highest BCUT2D eigenvalue weighted by molar-refractivity contribution is 7.09. The average Bonchev–Trinajstić information content (AvgIpc) is 2.97. The second-order valence-electron chi connectivity index (χ2n) is 3.96. The first kappa shape index (κ1) is 11.8. The van der Waals surface area contributed by atoms with Crippen LogP contribution in [-0.4, -0.2) is 20.6 Å². The van der Waals surface area contributed by atoms with E-state index in [-0.39, 0.29) is 6.03 Å². The summed E-state index contributed by atoms with van der Waals surface area (Å²) in [6.45, 7) is 4.65. The van der Waals surface area contributed by atoms with Gasteiger partial charge in [-0.25, -0.2) is 14.8 Å². The van der Waals surface area contributed by atoms with Crippen LogP contribution in [0.25, 0.3) is 0 Å². The number of rotatable bonds is 3. The summed E-state index contributed by atoms with van der Waals surface area (Å²) in [5.41, 5.74) is 0.896. The van der Waals surface area contributed by atoms with Crippen LogP contribution in [0.15, 0.2) is 24.1 Å². The molecule has 5 nitrogen and oxygen atoms in total. The van der Waals surface area contributed by atoms with Gasteiger partial charge in [0.25, 0.3) is 0 Å². The summed E-state index contributed by atoms with van der Waals surface area (Å²) in [6, 6.07) is -0.193. The van der Waals surface area contributed by atoms with Crippen LogP contribution < -0.4 is 5.32 Å². The van der Waals surface area contributed by atoms with Gasteiger partial charge < -0.3 is 5.32 Å². The highest BCUT2D eigenvalue weighted by atomic mass is 32.1. The Labute approximate surface area is 104 Å². The van der Waals surface area contributed by atoms with Crippen LogP contribution in [-0.2, 0) is 6.54 Å². The Morgan fingerprint density at radius 1 is 1.59 bits per heavy atom. The smallest absolute Gasteiger partial charge is 0.327 e. The third-order valence-corrected chi connectivity index (χ3v) is 3.42. The van der Waals surface area contributed by atoms with Gasteiger partial charge in [-0.15, -0.1) is 11.3 Å². The van der Waals surface area contributed by atoms with Crippen molar-refractivity contribution in [2.45, 2.75) is 26.3 Å². The lowest BCUT2D eigenvalue weighted by molar-refractivity contribution is 0.242. The Hall–Kier alpha value is -1.69. The molecule has 0 aromatic carbocycles. The van der Waals surface area contributed by atoms with Crippen LogP contribution >= 0.6 is 11.3 Å². The summed E-state index contributed by atoms with van der Waals surface area (Å²) < 4.78 is 1.40. The Balaban J connectivity index is 1.91. The zero-order valence-electron chi connectivity index (χ0n) is 9.75. The molecule has 0 aliphatic rings. The number of carbonyl (C=O) groups excluding carboxylic acids is 1. The topological polar surface area (TPSA) is 59.8 Å². The molecule has 2 heterocycles. The molecular formula is C11H14N4OS. The van der Waals surface area contributed by atoms with Crippen molar-refractivity contribution in [1.82, 2.24) is 19.9 Å². The minimum Gasteiger partial charge on any atom is -0.332 e. The van der Waals surface area contributed by atoms with Crippen LogP contribution in [0.3, 0.4) is 0 Å². The fourth-order valence-electron chi connectivity index (χ4n) is 1.31. The van der Waals surface area contributed by atoms with Crippen LogP contribution in [0.1, 0.15) is 30.5 Å². The molecule has 0 aliphatic carbocycles. The summed E-state index contributed by atoms with van der Waals surface area (Å²) in [7, 11) is 0. The third-order valence-electron chi connectivity index (χ3n) is 2.22. The quantitative estimate of drug-likeness (QED) is 0.908. The average molecular weight is 250 g/mol. The number of imidazole rings is 1. The maximum atomic E-state index is 11.6. The van der Waals surface area contributed by atoms with E-state index in [0.717, 1.165) is 10.7 Å². The number of nitrogens with zero attached hydrogens (tertiary/aromatic N) is 3. The van der Waals surface area contributed by atoms with Gasteiger partial charge >= 0.3 is 6.03 Å². The molecule has 2 aromatic heterocycles. The first-order chi connectivity index (χ1) is 8.16. The van der Waals surface area contributed by atoms with Gasteiger partial charge in [-0.3, -0.25) is 4.57 Å². The Morgan fingerprint density at radius 2 is 2.41 bits per heavy atom. The van der Waals surface area contributed by atoms with Gasteiger partial charge in [0.15, 0.2) is 0 Å². The molecule has 0 saturated heterocycles. The van der Waals surface area contributed by atoms with Gasteiger partial charge in [-0.2, -0.15) is 0 Å². The summed E-state index contributed by atoms with van der Waals surface area (Å²) >= 11 is 1.63. The molecule has 2 aromatic rings. The van der Waals surface area contributed by atoms with Gasteiger partial charge in [0.1, 0.15) is 6.33 Å². The molecule has 0 radical (unpaired) electrons. The maximum Gasteiger partial charge on any atom is 0.327 e. The molecule has 0 saturated carbocycles. The fourth-order valence-corrected chi connectivity index (χ4v) is 2.14. The van der Waals surface area contributed by atoms with Gasteiger partial charge in [0.05, 0.1) is 17.2 Å². The first-order valence-electron chi connectivity index (χ1n) is 5.37. The van der Waals surface area contributed by atoms with Crippen LogP contribution in [0.5, 0.6) is 0 Å². The number of aromatic nitrogens is 3. The molecule has 0 bridgehead atoms. The minimum atomic E-state index is -0.193. The molecule has 0 atom stereocenters. The number of amides is 1. The standard InChI is InChI=1S/C11H14N4OS/c1-8(2)10-14-9(6-17-10)5-13-11(16)15-4-3-12-7-15/h3-4,6-8H,5H2,1-2H3,(H,13,16). The molecule has 0 spiro atoms. The van der Waals surface area contributed by atoms with E-state index in [1.807, 2.05) is 5.38 Å². The number of hydrogen-bond acceptors (Lipinski definition) is 4. The Morgan fingerprint density at radius 3 is 3.00 bits per heavy atom. The van der Waals surface area contributed by atoms with Gasteiger partial charge in [-0.1, -0.05) is 13.8 Å². The predicted octanol–water partition coefficient (Wildman–Crippen LogP) is 2.22. The van der Waals surface area contributed by atoms with Crippen molar-refractivity contribution in [2.75, 3.05) is 0 Å². The van der Waals surface area contributed by atoms with Crippen molar-refractivity contribution in [1.29, 1.82) is 0 Å². The lowest BCUT2D eigenvalue weighted by Gasteiger charge is -2.02. The maximum absolute atomic E-state index is 11.6. The molecule has 6 heteroatoms. The zero-order valence-corrected chi connectivity index (χ0v) is 10.6. The minimum absolute atomic E-state index is 0.193. The second-order valence-corrected chi connectivity index (χ2v) is 4.85. The predicted molar refractivity (Wildman–Crippen MR) is 66.1 cm³/mol. The van der Waals surface area contributed by atoms with Gasteiger partial charge in [0, 0.05) is 23.7 Å². The number of hydrogen-bond donors (Lipinski definition) is 1. The van der Waals surface area contributed by atoms with E-state index in [2.05, 4.69) is 29.1 Å². The summed E-state index contributed by atoms with van der Waals surface area (Å²) in [5, 5.41) is 5.85. The number of thiazole rings is 1. The second kappa shape index (κ2) is 5.09. The van der Waals surface area contributed by atoms with Crippen molar-refractivity contribution in [3.63, 3.8) is 0 Å². The molecular weight excluding hydrogens is 236 g/mol. The molecule has 1 N–H and O–H groups in total. The van der Waals surface area contributed by atoms with Crippen molar-refractivity contribution in [2.24, 2.45) is 0 Å². The van der Waals surface area contributed by atoms with E-state index in [4.69, 9.17) is 0 Å². The first-order valence-corrected chi connectivity index (χ1v) is 6.25. The van der Waals surface area contributed by atoms with E-state index in [9.17, 15) is 4.79 Å². The molecule has 0 aliphatic heterocycles. The van der Waals surface area contributed by atoms with Gasteiger partial charge in [-0.05, 0) is 0 Å². The molecule has 0 unspecified atom stereocenters. The lowest BCUT2D eigenvalue weighted by atomic mass is 10.2. The molecule has 90 valence electrons. The monoisotopic (exact) mass is 250 g/mol. The van der Waals surface area contributed by atoms with E-state index < -0.39 is 0 Å². The van der Waals surface area contributed by atoms with Crippen molar-refractivity contribution in [3.8, 4) is 0 Å². The normalized spacial score (nSPS) is 10.8. The largest absolute Gasteiger partial charge is 0.332 e. The van der Waals surface area contributed by atoms with Crippen LogP contribution in [0.4, 0.5) is 4.79 Å². The van der Waals surface area contributed by atoms with Crippen LogP contribution in [0.2, 0.25) is 0 Å². The van der Waals surface area contributed by atoms with Crippen molar-refractivity contribution in [3.05, 3.63) is 34.8 Å². The Kier molecular flexibility index (Phi) is 3.53. The van der Waals surface area contributed by atoms with Crippen molar-refractivity contribution < 1.29 is 4.79 Å². The fraction of sp³-hybridized carbons (Fsp3) is 0.364. The number of nitrogens with one attached hydrogen (secondary N) is 1. The van der Waals surface area contributed by atoms with E-state index in [0.29, 0.717) is 12.5 Å². The molecule has 1 amide bonds. The highest BCUT2D eigenvalue weighted by Crippen LogP contribution is 2.18. The van der Waals surface area contributed by atoms with Crippen molar-refractivity contribution >= 4 is 17.4 Å². The van der Waals surface area contributed by atoms with E-state index in [1.165, 1.54) is 10.9 Å². The van der Waals surface area contributed by atoms with E-state index in [1.54, 1.807) is 23.7 Å². The lowest BCUT2D eigenvalue weighted by Crippen LogP contribution is -2.27. The SMILES string of the molecule is CC(C)c1nc(CNC(=O)n2ccnc2)cs1. The molecule has 0 fully saturated rings.